The van der Waals surface area contributed by atoms with E-state index in [-0.39, 0.29) is 18.3 Å². The average Bonchev–Trinajstić information content (AvgIpc) is 2.80. The number of ether oxygens (including phenoxy) is 1. The van der Waals surface area contributed by atoms with Gasteiger partial charge in [0.1, 0.15) is 5.76 Å². The summed E-state index contributed by atoms with van der Waals surface area (Å²) in [6.45, 7) is 2.84. The second-order valence-corrected chi connectivity index (χ2v) is 6.48. The zero-order chi connectivity index (χ0) is 16.5. The first-order valence-corrected chi connectivity index (χ1v) is 7.93. The van der Waals surface area contributed by atoms with Crippen LogP contribution in [0.3, 0.4) is 0 Å². The van der Waals surface area contributed by atoms with Crippen LogP contribution < -0.4 is 0 Å². The van der Waals surface area contributed by atoms with Crippen LogP contribution in [0.5, 0.6) is 0 Å². The minimum absolute atomic E-state index is 0.282. The first kappa shape index (κ1) is 16.8. The quantitative estimate of drug-likeness (QED) is 0.480. The van der Waals surface area contributed by atoms with Gasteiger partial charge in [-0.2, -0.15) is 21.6 Å². The van der Waals surface area contributed by atoms with Crippen molar-refractivity contribution in [1.29, 1.82) is 0 Å². The summed E-state index contributed by atoms with van der Waals surface area (Å²) in [6.07, 6.45) is -0.573. The normalized spacial score (nSPS) is 25.1. The molecule has 1 aliphatic heterocycles. The lowest BCUT2D eigenvalue weighted by molar-refractivity contribution is -0.0522. The van der Waals surface area contributed by atoms with Gasteiger partial charge in [-0.25, -0.2) is 0 Å². The van der Waals surface area contributed by atoms with Gasteiger partial charge in [-0.05, 0) is 19.4 Å². The molecule has 2 rings (SSSR count). The maximum Gasteiger partial charge on any atom is 0.534 e. The summed E-state index contributed by atoms with van der Waals surface area (Å²) in [7, 11) is -5.65. The number of rotatable bonds is 3. The predicted molar refractivity (Wildman–Crippen MR) is 73.1 cm³/mol. The molecule has 8 heteroatoms. The first-order valence-electron chi connectivity index (χ1n) is 6.52. The molecule has 0 aliphatic carbocycles. The molecule has 1 aromatic carbocycles. The third-order valence-electron chi connectivity index (χ3n) is 3.41. The number of hydrogen-bond acceptors (Lipinski definition) is 4. The Bertz CT molecular complexity index is 665. The van der Waals surface area contributed by atoms with Crippen LogP contribution in [0.1, 0.15) is 31.9 Å². The topological polar surface area (TPSA) is 52.6 Å². The standard InChI is InChI=1S/C14H15F3O4S/c1-9-12(10(2)21-22(18,19)14(15,16)17)8-13(20-9)11-6-4-3-5-7-11/h3-7,9,13H,8H2,1-2H3/b12-10+/t9-,13-/m0/s1. The molecule has 22 heavy (non-hydrogen) atoms. The Labute approximate surface area is 126 Å². The van der Waals surface area contributed by atoms with Gasteiger partial charge in [0.25, 0.3) is 0 Å². The van der Waals surface area contributed by atoms with E-state index < -0.39 is 21.7 Å². The van der Waals surface area contributed by atoms with Crippen LogP contribution in [-0.2, 0) is 19.0 Å². The molecule has 4 nitrogen and oxygen atoms in total. The van der Waals surface area contributed by atoms with Gasteiger partial charge < -0.3 is 8.92 Å². The van der Waals surface area contributed by atoms with Gasteiger partial charge in [-0.1, -0.05) is 30.3 Å². The molecule has 0 radical (unpaired) electrons. The van der Waals surface area contributed by atoms with E-state index in [2.05, 4.69) is 4.18 Å². The van der Waals surface area contributed by atoms with Gasteiger partial charge in [0.15, 0.2) is 0 Å². The maximum absolute atomic E-state index is 12.4. The molecular weight excluding hydrogens is 321 g/mol. The first-order chi connectivity index (χ1) is 10.1. The lowest BCUT2D eigenvalue weighted by atomic mass is 10.0. The van der Waals surface area contributed by atoms with Crippen LogP contribution in [0, 0.1) is 0 Å². The number of hydrogen-bond donors (Lipinski definition) is 0. The molecule has 0 saturated carbocycles. The average molecular weight is 336 g/mol. The Morgan fingerprint density at radius 2 is 1.86 bits per heavy atom. The van der Waals surface area contributed by atoms with Gasteiger partial charge in [0.05, 0.1) is 12.2 Å². The van der Waals surface area contributed by atoms with Crippen LogP contribution in [-0.4, -0.2) is 20.0 Å². The fourth-order valence-corrected chi connectivity index (χ4v) is 2.83. The second-order valence-electron chi connectivity index (χ2n) is 4.95. The highest BCUT2D eigenvalue weighted by Crippen LogP contribution is 2.39. The molecule has 2 atom stereocenters. The van der Waals surface area contributed by atoms with E-state index in [0.717, 1.165) is 5.56 Å². The Kier molecular flexibility index (Phi) is 4.53. The molecule has 0 bridgehead atoms. The Morgan fingerprint density at radius 3 is 2.41 bits per heavy atom. The molecule has 1 saturated heterocycles. The Morgan fingerprint density at radius 1 is 1.27 bits per heavy atom. The van der Waals surface area contributed by atoms with E-state index >= 15 is 0 Å². The van der Waals surface area contributed by atoms with E-state index in [0.29, 0.717) is 5.57 Å². The summed E-state index contributed by atoms with van der Waals surface area (Å²) < 4.78 is 69.0. The maximum atomic E-state index is 12.4. The second kappa shape index (κ2) is 5.92. The van der Waals surface area contributed by atoms with Crippen molar-refractivity contribution in [1.82, 2.24) is 0 Å². The van der Waals surface area contributed by atoms with E-state index in [9.17, 15) is 21.6 Å². The number of alkyl halides is 3. The summed E-state index contributed by atoms with van der Waals surface area (Å²) >= 11 is 0. The summed E-state index contributed by atoms with van der Waals surface area (Å²) in [5, 5.41) is 0. The Balaban J connectivity index is 2.22. The van der Waals surface area contributed by atoms with Gasteiger partial charge in [-0.3, -0.25) is 0 Å². The van der Waals surface area contributed by atoms with Crippen molar-refractivity contribution in [2.24, 2.45) is 0 Å². The molecule has 0 unspecified atom stereocenters. The number of halogens is 3. The lowest BCUT2D eigenvalue weighted by Crippen LogP contribution is -2.25. The third kappa shape index (κ3) is 3.44. The van der Waals surface area contributed by atoms with Crippen molar-refractivity contribution in [3.05, 3.63) is 47.2 Å². The third-order valence-corrected chi connectivity index (χ3v) is 4.44. The zero-order valence-electron chi connectivity index (χ0n) is 11.9. The van der Waals surface area contributed by atoms with E-state index in [1.165, 1.54) is 6.92 Å². The molecule has 122 valence electrons. The van der Waals surface area contributed by atoms with Gasteiger partial charge in [0.2, 0.25) is 0 Å². The summed E-state index contributed by atoms with van der Waals surface area (Å²) in [6, 6.07) is 9.15. The van der Waals surface area contributed by atoms with Crippen LogP contribution >= 0.6 is 0 Å². The zero-order valence-corrected chi connectivity index (χ0v) is 12.7. The molecule has 1 aliphatic rings. The molecule has 0 spiro atoms. The highest BCUT2D eigenvalue weighted by Gasteiger charge is 2.49. The SMILES string of the molecule is C/C(OS(=O)(=O)C(F)(F)F)=C1/C[C@@H](c2ccccc2)O[C@H]1C. The monoisotopic (exact) mass is 336 g/mol. The largest absolute Gasteiger partial charge is 0.534 e. The fraction of sp³-hybridized carbons (Fsp3) is 0.429. The molecule has 1 fully saturated rings. The molecule has 1 heterocycles. The minimum atomic E-state index is -5.65. The van der Waals surface area contributed by atoms with Crippen LogP contribution in [0.15, 0.2) is 41.7 Å². The highest BCUT2D eigenvalue weighted by atomic mass is 32.2. The number of allylic oxidation sites excluding steroid dienone is 1. The Hall–Kier alpha value is -1.54. The molecule has 0 aromatic heterocycles. The lowest BCUT2D eigenvalue weighted by Gasteiger charge is -2.13. The number of benzene rings is 1. The van der Waals surface area contributed by atoms with Crippen molar-refractivity contribution < 1.29 is 30.5 Å². The van der Waals surface area contributed by atoms with Crippen molar-refractivity contribution >= 4 is 10.1 Å². The molecular formula is C14H15F3O4S. The van der Waals surface area contributed by atoms with E-state index in [1.807, 2.05) is 30.3 Å². The van der Waals surface area contributed by atoms with Crippen molar-refractivity contribution in [2.45, 2.75) is 38.0 Å². The summed E-state index contributed by atoms with van der Waals surface area (Å²) in [4.78, 5) is 0. The van der Waals surface area contributed by atoms with Crippen molar-refractivity contribution in [3.63, 3.8) is 0 Å². The van der Waals surface area contributed by atoms with Gasteiger partial charge in [-0.15, -0.1) is 0 Å². The van der Waals surface area contributed by atoms with Gasteiger partial charge in [0, 0.05) is 12.0 Å². The van der Waals surface area contributed by atoms with Gasteiger partial charge >= 0.3 is 15.6 Å². The highest BCUT2D eigenvalue weighted by molar-refractivity contribution is 7.87. The molecule has 0 amide bonds. The van der Waals surface area contributed by atoms with Crippen molar-refractivity contribution in [3.8, 4) is 0 Å². The van der Waals surface area contributed by atoms with Crippen molar-refractivity contribution in [2.75, 3.05) is 0 Å². The van der Waals surface area contributed by atoms with Crippen LogP contribution in [0.4, 0.5) is 13.2 Å². The minimum Gasteiger partial charge on any atom is -0.381 e. The van der Waals surface area contributed by atoms with E-state index in [4.69, 9.17) is 4.74 Å². The summed E-state index contributed by atoms with van der Waals surface area (Å²) in [5.41, 5.74) is -4.17. The summed E-state index contributed by atoms with van der Waals surface area (Å²) in [5.74, 6) is -0.289. The predicted octanol–water partition coefficient (Wildman–Crippen LogP) is 3.68. The molecule has 1 aromatic rings. The molecule has 0 N–H and O–H groups in total. The smallest absolute Gasteiger partial charge is 0.381 e. The fourth-order valence-electron chi connectivity index (χ4n) is 2.30. The van der Waals surface area contributed by atoms with Crippen LogP contribution in [0.2, 0.25) is 0 Å². The van der Waals surface area contributed by atoms with E-state index in [1.54, 1.807) is 6.92 Å². The van der Waals surface area contributed by atoms with Crippen LogP contribution in [0.25, 0.3) is 0 Å².